The number of benzene rings is 2. The number of ether oxygens (including phenoxy) is 3. The molecule has 0 aromatic heterocycles. The Morgan fingerprint density at radius 3 is 2.55 bits per heavy atom. The third-order valence-corrected chi connectivity index (χ3v) is 3.36. The molecule has 2 aromatic rings. The second kappa shape index (κ2) is 5.33. The molecule has 1 N–H and O–H groups in total. The second-order valence-corrected chi connectivity index (χ2v) is 4.70. The van der Waals surface area contributed by atoms with E-state index < -0.39 is 0 Å². The molecule has 4 nitrogen and oxygen atoms in total. The minimum atomic E-state index is 0.243. The Morgan fingerprint density at radius 2 is 1.80 bits per heavy atom. The maximum absolute atomic E-state index is 9.27. The molecule has 4 heteroatoms. The number of hydrogen-bond acceptors (Lipinski definition) is 4. The van der Waals surface area contributed by atoms with E-state index in [1.165, 1.54) is 5.56 Å². The van der Waals surface area contributed by atoms with Gasteiger partial charge in [-0.1, -0.05) is 12.1 Å². The average Bonchev–Trinajstić information content (AvgIpc) is 2.94. The standard InChI is InChI=1S/C16H16O4/c1-18-14-8-12(9-15-16(14)20-10-19-15)3-2-11-4-6-13(17)7-5-11/h4-9,17H,2-3,10H2,1H3. The van der Waals surface area contributed by atoms with Gasteiger partial charge in [0.25, 0.3) is 0 Å². The van der Waals surface area contributed by atoms with Gasteiger partial charge >= 0.3 is 0 Å². The van der Waals surface area contributed by atoms with E-state index in [1.807, 2.05) is 24.3 Å². The highest BCUT2D eigenvalue weighted by Gasteiger charge is 2.19. The summed E-state index contributed by atoms with van der Waals surface area (Å²) in [5, 5.41) is 9.27. The van der Waals surface area contributed by atoms with Gasteiger partial charge in [-0.15, -0.1) is 0 Å². The van der Waals surface area contributed by atoms with Crippen molar-refractivity contribution >= 4 is 0 Å². The second-order valence-electron chi connectivity index (χ2n) is 4.70. The number of aromatic hydroxyl groups is 1. The molecule has 3 rings (SSSR count). The monoisotopic (exact) mass is 272 g/mol. The zero-order valence-corrected chi connectivity index (χ0v) is 11.3. The molecular weight excluding hydrogens is 256 g/mol. The summed E-state index contributed by atoms with van der Waals surface area (Å²) < 4.78 is 16.1. The number of phenolic OH excluding ortho intramolecular Hbond substituents is 1. The summed E-state index contributed by atoms with van der Waals surface area (Å²) in [7, 11) is 1.63. The smallest absolute Gasteiger partial charge is 0.231 e. The minimum Gasteiger partial charge on any atom is -0.508 e. The molecule has 0 amide bonds. The summed E-state index contributed by atoms with van der Waals surface area (Å²) in [6, 6.07) is 11.2. The van der Waals surface area contributed by atoms with Gasteiger partial charge < -0.3 is 19.3 Å². The molecule has 0 fully saturated rings. The molecule has 0 saturated carbocycles. The van der Waals surface area contributed by atoms with Crippen molar-refractivity contribution in [1.29, 1.82) is 0 Å². The number of hydrogen-bond donors (Lipinski definition) is 1. The van der Waals surface area contributed by atoms with Crippen molar-refractivity contribution in [2.24, 2.45) is 0 Å². The first-order valence-corrected chi connectivity index (χ1v) is 6.50. The maximum Gasteiger partial charge on any atom is 0.231 e. The number of rotatable bonds is 4. The predicted octanol–water partition coefficient (Wildman–Crippen LogP) is 2.91. The summed E-state index contributed by atoms with van der Waals surface area (Å²) in [5.41, 5.74) is 2.32. The summed E-state index contributed by atoms with van der Waals surface area (Å²) in [6.45, 7) is 0.243. The topological polar surface area (TPSA) is 47.9 Å². The number of fused-ring (bicyclic) bond motifs is 1. The molecule has 1 aliphatic heterocycles. The molecule has 0 radical (unpaired) electrons. The Kier molecular flexibility index (Phi) is 3.37. The van der Waals surface area contributed by atoms with Gasteiger partial charge in [-0.2, -0.15) is 0 Å². The fourth-order valence-corrected chi connectivity index (χ4v) is 2.28. The third kappa shape index (κ3) is 2.50. The SMILES string of the molecule is COc1cc(CCc2ccc(O)cc2)cc2c1OCO2. The van der Waals surface area contributed by atoms with E-state index in [0.717, 1.165) is 24.2 Å². The van der Waals surface area contributed by atoms with Crippen molar-refractivity contribution < 1.29 is 19.3 Å². The zero-order chi connectivity index (χ0) is 13.9. The normalized spacial score (nSPS) is 12.4. The largest absolute Gasteiger partial charge is 0.508 e. The molecule has 1 heterocycles. The van der Waals surface area contributed by atoms with E-state index in [-0.39, 0.29) is 6.79 Å². The molecule has 0 spiro atoms. The van der Waals surface area contributed by atoms with Crippen LogP contribution in [-0.4, -0.2) is 19.0 Å². The Bertz CT molecular complexity index is 605. The molecule has 0 atom stereocenters. The van der Waals surface area contributed by atoms with Crippen LogP contribution in [0.5, 0.6) is 23.0 Å². The number of phenols is 1. The van der Waals surface area contributed by atoms with Gasteiger partial charge in [0.05, 0.1) is 7.11 Å². The Morgan fingerprint density at radius 1 is 1.05 bits per heavy atom. The van der Waals surface area contributed by atoms with Crippen molar-refractivity contribution in [3.8, 4) is 23.0 Å². The highest BCUT2D eigenvalue weighted by molar-refractivity contribution is 5.55. The van der Waals surface area contributed by atoms with E-state index >= 15 is 0 Å². The van der Waals surface area contributed by atoms with Crippen molar-refractivity contribution in [3.05, 3.63) is 47.5 Å². The quantitative estimate of drug-likeness (QED) is 0.929. The van der Waals surface area contributed by atoms with E-state index in [4.69, 9.17) is 14.2 Å². The fraction of sp³-hybridized carbons (Fsp3) is 0.250. The minimum absolute atomic E-state index is 0.243. The lowest BCUT2D eigenvalue weighted by Crippen LogP contribution is -1.94. The first-order chi connectivity index (χ1) is 9.76. The summed E-state index contributed by atoms with van der Waals surface area (Å²) in [6.07, 6.45) is 1.76. The van der Waals surface area contributed by atoms with E-state index in [0.29, 0.717) is 17.2 Å². The van der Waals surface area contributed by atoms with Crippen molar-refractivity contribution in [2.75, 3.05) is 13.9 Å². The van der Waals surface area contributed by atoms with Crippen LogP contribution >= 0.6 is 0 Å². The maximum atomic E-state index is 9.27. The van der Waals surface area contributed by atoms with Gasteiger partial charge in [-0.3, -0.25) is 0 Å². The highest BCUT2D eigenvalue weighted by Crippen LogP contribution is 2.42. The summed E-state index contributed by atoms with van der Waals surface area (Å²) in [4.78, 5) is 0. The van der Waals surface area contributed by atoms with Crippen molar-refractivity contribution in [2.45, 2.75) is 12.8 Å². The van der Waals surface area contributed by atoms with Crippen molar-refractivity contribution in [3.63, 3.8) is 0 Å². The first-order valence-electron chi connectivity index (χ1n) is 6.50. The van der Waals surface area contributed by atoms with Crippen LogP contribution < -0.4 is 14.2 Å². The van der Waals surface area contributed by atoms with Crippen LogP contribution in [-0.2, 0) is 12.8 Å². The van der Waals surface area contributed by atoms with Gasteiger partial charge in [0, 0.05) is 0 Å². The van der Waals surface area contributed by atoms with Crippen LogP contribution in [0.25, 0.3) is 0 Å². The molecule has 0 unspecified atom stereocenters. The van der Waals surface area contributed by atoms with Crippen LogP contribution in [0.4, 0.5) is 0 Å². The van der Waals surface area contributed by atoms with Gasteiger partial charge in [-0.05, 0) is 48.2 Å². The molecular formula is C16H16O4. The Balaban J connectivity index is 1.76. The van der Waals surface area contributed by atoms with Crippen LogP contribution in [0.3, 0.4) is 0 Å². The lowest BCUT2D eigenvalue weighted by Gasteiger charge is -2.08. The Hall–Kier alpha value is -2.36. The molecule has 104 valence electrons. The Labute approximate surface area is 117 Å². The van der Waals surface area contributed by atoms with Gasteiger partial charge in [0.2, 0.25) is 12.5 Å². The van der Waals surface area contributed by atoms with Gasteiger partial charge in [-0.25, -0.2) is 0 Å². The number of aryl methyl sites for hydroxylation is 2. The van der Waals surface area contributed by atoms with Crippen LogP contribution in [0, 0.1) is 0 Å². The highest BCUT2D eigenvalue weighted by atomic mass is 16.7. The molecule has 2 aromatic carbocycles. The van der Waals surface area contributed by atoms with Gasteiger partial charge in [0.15, 0.2) is 11.5 Å². The van der Waals surface area contributed by atoms with E-state index in [2.05, 4.69) is 0 Å². The summed E-state index contributed by atoms with van der Waals surface area (Å²) >= 11 is 0. The zero-order valence-electron chi connectivity index (χ0n) is 11.3. The molecule has 1 aliphatic rings. The predicted molar refractivity (Wildman–Crippen MR) is 74.6 cm³/mol. The van der Waals surface area contributed by atoms with Crippen LogP contribution in [0.2, 0.25) is 0 Å². The third-order valence-electron chi connectivity index (χ3n) is 3.36. The average molecular weight is 272 g/mol. The lowest BCUT2D eigenvalue weighted by molar-refractivity contribution is 0.171. The molecule has 20 heavy (non-hydrogen) atoms. The number of methoxy groups -OCH3 is 1. The van der Waals surface area contributed by atoms with E-state index in [9.17, 15) is 5.11 Å². The van der Waals surface area contributed by atoms with E-state index in [1.54, 1.807) is 19.2 Å². The lowest BCUT2D eigenvalue weighted by atomic mass is 10.0. The van der Waals surface area contributed by atoms with Crippen molar-refractivity contribution in [1.82, 2.24) is 0 Å². The van der Waals surface area contributed by atoms with Crippen LogP contribution in [0.15, 0.2) is 36.4 Å². The summed E-state index contributed by atoms with van der Waals surface area (Å²) in [5.74, 6) is 2.42. The molecule has 0 aliphatic carbocycles. The van der Waals surface area contributed by atoms with Gasteiger partial charge in [0.1, 0.15) is 5.75 Å². The molecule has 0 bridgehead atoms. The molecule has 0 saturated heterocycles. The first kappa shape index (κ1) is 12.7. The fourth-order valence-electron chi connectivity index (χ4n) is 2.28. The van der Waals surface area contributed by atoms with Crippen LogP contribution in [0.1, 0.15) is 11.1 Å².